The third kappa shape index (κ3) is 3.41. The fraction of sp³-hybridized carbons (Fsp3) is 0.368. The molecule has 2 aromatic rings. The summed E-state index contributed by atoms with van der Waals surface area (Å²) >= 11 is 0. The van der Waals surface area contributed by atoms with Gasteiger partial charge in [0.2, 0.25) is 5.88 Å². The summed E-state index contributed by atoms with van der Waals surface area (Å²) in [5.74, 6) is 0.904. The molecule has 0 spiro atoms. The van der Waals surface area contributed by atoms with Crippen LogP contribution in [0, 0.1) is 0 Å². The van der Waals surface area contributed by atoms with Gasteiger partial charge in [0.05, 0.1) is 0 Å². The van der Waals surface area contributed by atoms with Crippen LogP contribution in [0.4, 0.5) is 0 Å². The van der Waals surface area contributed by atoms with Gasteiger partial charge in [-0.25, -0.2) is 4.98 Å². The first-order valence-electron chi connectivity index (χ1n) is 8.52. The van der Waals surface area contributed by atoms with Crippen LogP contribution in [0.3, 0.4) is 0 Å². The van der Waals surface area contributed by atoms with Crippen LogP contribution >= 0.6 is 0 Å². The first kappa shape index (κ1) is 15.1. The minimum atomic E-state index is -0.114. The monoisotopic (exact) mass is 323 g/mol. The van der Waals surface area contributed by atoms with E-state index in [4.69, 9.17) is 4.74 Å². The van der Waals surface area contributed by atoms with Crippen LogP contribution in [0.25, 0.3) is 0 Å². The van der Waals surface area contributed by atoms with Gasteiger partial charge < -0.3 is 10.1 Å². The highest BCUT2D eigenvalue weighted by Crippen LogP contribution is 2.30. The van der Waals surface area contributed by atoms with E-state index in [9.17, 15) is 4.79 Å². The number of rotatable bonds is 5. The predicted octanol–water partition coefficient (Wildman–Crippen LogP) is 2.84. The predicted molar refractivity (Wildman–Crippen MR) is 91.2 cm³/mol. The van der Waals surface area contributed by atoms with Crippen molar-refractivity contribution in [2.24, 2.45) is 0 Å². The van der Waals surface area contributed by atoms with Crippen molar-refractivity contribution in [2.75, 3.05) is 13.1 Å². The van der Waals surface area contributed by atoms with Crippen LogP contribution in [0.2, 0.25) is 0 Å². The van der Waals surface area contributed by atoms with Gasteiger partial charge >= 0.3 is 0 Å². The molecule has 2 fully saturated rings. The molecule has 1 aliphatic heterocycles. The minimum absolute atomic E-state index is 0.114. The molecule has 2 heterocycles. The summed E-state index contributed by atoms with van der Waals surface area (Å²) in [5.41, 5.74) is 0.478. The Balaban J connectivity index is 1.44. The number of amides is 1. The number of nitrogens with one attached hydrogen (secondary N) is 1. The molecule has 24 heavy (non-hydrogen) atoms. The van der Waals surface area contributed by atoms with E-state index in [2.05, 4.69) is 15.2 Å². The van der Waals surface area contributed by atoms with Gasteiger partial charge in [-0.1, -0.05) is 18.2 Å². The van der Waals surface area contributed by atoms with Crippen LogP contribution in [0.5, 0.6) is 11.6 Å². The Morgan fingerprint density at radius 2 is 1.96 bits per heavy atom. The molecule has 1 saturated heterocycles. The lowest BCUT2D eigenvalue weighted by Gasteiger charge is -2.16. The molecule has 1 aromatic heterocycles. The maximum Gasteiger partial charge on any atom is 0.257 e. The average molecular weight is 323 g/mol. The lowest BCUT2D eigenvalue weighted by atomic mass is 10.2. The molecule has 0 unspecified atom stereocenters. The van der Waals surface area contributed by atoms with E-state index in [0.29, 0.717) is 17.2 Å². The van der Waals surface area contributed by atoms with Crippen molar-refractivity contribution >= 4 is 5.91 Å². The van der Waals surface area contributed by atoms with E-state index in [1.165, 1.54) is 12.8 Å². The summed E-state index contributed by atoms with van der Waals surface area (Å²) in [6.07, 6.45) is 5.26. The van der Waals surface area contributed by atoms with Gasteiger partial charge in [0.25, 0.3) is 5.91 Å². The topological polar surface area (TPSA) is 54.5 Å². The summed E-state index contributed by atoms with van der Waals surface area (Å²) in [7, 11) is 0. The molecule has 1 aromatic carbocycles. The van der Waals surface area contributed by atoms with Crippen LogP contribution in [0.15, 0.2) is 48.7 Å². The molecule has 4 rings (SSSR count). The van der Waals surface area contributed by atoms with E-state index in [1.54, 1.807) is 18.3 Å². The second-order valence-corrected chi connectivity index (χ2v) is 6.46. The van der Waals surface area contributed by atoms with E-state index < -0.39 is 0 Å². The molecule has 1 amide bonds. The van der Waals surface area contributed by atoms with Crippen LogP contribution in [-0.2, 0) is 0 Å². The molecule has 1 N–H and O–H groups in total. The standard InChI is InChI=1S/C19H21N3O2/c23-18(21-14-10-12-22(13-14)15-8-9-15)17-7-4-11-20-19(17)24-16-5-2-1-3-6-16/h1-7,11,14-15H,8-10,12-13H2,(H,21,23)/t14-/m1/s1. The number of nitrogens with zero attached hydrogens (tertiary/aromatic N) is 2. The number of ether oxygens (including phenoxy) is 1. The molecule has 5 nitrogen and oxygen atoms in total. The largest absolute Gasteiger partial charge is 0.438 e. The molecule has 1 atom stereocenters. The van der Waals surface area contributed by atoms with Gasteiger partial charge in [0.15, 0.2) is 0 Å². The molecule has 124 valence electrons. The van der Waals surface area contributed by atoms with Gasteiger partial charge in [-0.15, -0.1) is 0 Å². The molecule has 0 bridgehead atoms. The number of carbonyl (C=O) groups is 1. The first-order chi connectivity index (χ1) is 11.8. The summed E-state index contributed by atoms with van der Waals surface area (Å²) in [6, 6.07) is 13.9. The number of para-hydroxylation sites is 1. The van der Waals surface area contributed by atoms with Crippen molar-refractivity contribution in [3.63, 3.8) is 0 Å². The Morgan fingerprint density at radius 3 is 2.75 bits per heavy atom. The zero-order valence-corrected chi connectivity index (χ0v) is 13.5. The van der Waals surface area contributed by atoms with Gasteiger partial charge in [-0.3, -0.25) is 9.69 Å². The highest BCUT2D eigenvalue weighted by molar-refractivity contribution is 5.96. The minimum Gasteiger partial charge on any atom is -0.438 e. The highest BCUT2D eigenvalue weighted by atomic mass is 16.5. The molecule has 2 aliphatic rings. The van der Waals surface area contributed by atoms with Gasteiger partial charge in [-0.05, 0) is 43.5 Å². The summed E-state index contributed by atoms with van der Waals surface area (Å²) in [4.78, 5) is 19.4. The maximum atomic E-state index is 12.7. The average Bonchev–Trinajstić information content (AvgIpc) is 3.36. The van der Waals surface area contributed by atoms with E-state index in [0.717, 1.165) is 25.6 Å². The fourth-order valence-electron chi connectivity index (χ4n) is 3.18. The Hall–Kier alpha value is -2.40. The number of benzene rings is 1. The van der Waals surface area contributed by atoms with Gasteiger partial charge in [-0.2, -0.15) is 0 Å². The van der Waals surface area contributed by atoms with Crippen LogP contribution in [-0.4, -0.2) is 41.0 Å². The molecule has 0 radical (unpaired) electrons. The van der Waals surface area contributed by atoms with Crippen molar-refractivity contribution in [1.82, 2.24) is 15.2 Å². The fourth-order valence-corrected chi connectivity index (χ4v) is 3.18. The van der Waals surface area contributed by atoms with E-state index in [-0.39, 0.29) is 11.9 Å². The number of aromatic nitrogens is 1. The van der Waals surface area contributed by atoms with Gasteiger partial charge in [0, 0.05) is 31.4 Å². The quantitative estimate of drug-likeness (QED) is 0.919. The SMILES string of the molecule is O=C(N[C@@H]1CCN(C2CC2)C1)c1cccnc1Oc1ccccc1. The van der Waals surface area contributed by atoms with Crippen molar-refractivity contribution in [2.45, 2.75) is 31.3 Å². The molecular weight excluding hydrogens is 302 g/mol. The van der Waals surface area contributed by atoms with Crippen molar-refractivity contribution < 1.29 is 9.53 Å². The smallest absolute Gasteiger partial charge is 0.257 e. The third-order valence-electron chi connectivity index (χ3n) is 4.59. The van der Waals surface area contributed by atoms with Crippen LogP contribution < -0.4 is 10.1 Å². The van der Waals surface area contributed by atoms with Crippen molar-refractivity contribution in [3.05, 3.63) is 54.2 Å². The van der Waals surface area contributed by atoms with Crippen LogP contribution in [0.1, 0.15) is 29.6 Å². The molecule has 1 aliphatic carbocycles. The number of hydrogen-bond acceptors (Lipinski definition) is 4. The molecular formula is C19H21N3O2. The number of likely N-dealkylation sites (tertiary alicyclic amines) is 1. The molecule has 5 heteroatoms. The van der Waals surface area contributed by atoms with Crippen molar-refractivity contribution in [1.29, 1.82) is 0 Å². The van der Waals surface area contributed by atoms with Crippen molar-refractivity contribution in [3.8, 4) is 11.6 Å². The second-order valence-electron chi connectivity index (χ2n) is 6.46. The Kier molecular flexibility index (Phi) is 4.17. The second kappa shape index (κ2) is 6.61. The zero-order chi connectivity index (χ0) is 16.4. The first-order valence-corrected chi connectivity index (χ1v) is 8.52. The summed E-state index contributed by atoms with van der Waals surface area (Å²) in [6.45, 7) is 2.03. The van der Waals surface area contributed by atoms with E-state index in [1.807, 2.05) is 30.3 Å². The summed E-state index contributed by atoms with van der Waals surface area (Å²) < 4.78 is 5.78. The Bertz CT molecular complexity index is 716. The third-order valence-corrected chi connectivity index (χ3v) is 4.59. The highest BCUT2D eigenvalue weighted by Gasteiger charge is 2.35. The zero-order valence-electron chi connectivity index (χ0n) is 13.5. The number of hydrogen-bond donors (Lipinski definition) is 1. The Labute approximate surface area is 141 Å². The lowest BCUT2D eigenvalue weighted by Crippen LogP contribution is -2.37. The van der Waals surface area contributed by atoms with E-state index >= 15 is 0 Å². The lowest BCUT2D eigenvalue weighted by molar-refractivity contribution is 0.0934. The Morgan fingerprint density at radius 1 is 1.12 bits per heavy atom. The summed E-state index contributed by atoms with van der Waals surface area (Å²) in [5, 5.41) is 3.13. The normalized spacial score (nSPS) is 20.8. The number of pyridine rings is 1. The number of carbonyl (C=O) groups excluding carboxylic acids is 1. The molecule has 1 saturated carbocycles. The van der Waals surface area contributed by atoms with Gasteiger partial charge in [0.1, 0.15) is 11.3 Å². The maximum absolute atomic E-state index is 12.7.